The number of aliphatic hydroxyl groups is 1. The lowest BCUT2D eigenvalue weighted by atomic mass is 9.91. The number of carbonyl (C=O) groups is 11. The summed E-state index contributed by atoms with van der Waals surface area (Å²) in [5, 5.41) is 22.3. The molecule has 1 aliphatic heterocycles. The van der Waals surface area contributed by atoms with Crippen molar-refractivity contribution in [3.8, 4) is 0 Å². The number of nitrogens with zero attached hydrogens (tertiary/aromatic N) is 8. The first-order valence-corrected chi connectivity index (χ1v) is 34.0. The summed E-state index contributed by atoms with van der Waals surface area (Å²) in [6, 6.07) is -7.69. The van der Waals surface area contributed by atoms with Crippen molar-refractivity contribution in [1.82, 2.24) is 60.6 Å². The Hall–Kier alpha value is -6.63. The second-order valence-corrected chi connectivity index (χ2v) is 28.9. The highest BCUT2D eigenvalue weighted by atomic mass is 32.2. The zero-order valence-electron chi connectivity index (χ0n) is 60.3. The fourth-order valence-electron chi connectivity index (χ4n) is 11.5. The molecule has 11 amide bonds. The van der Waals surface area contributed by atoms with Crippen LogP contribution in [0.25, 0.3) is 0 Å². The van der Waals surface area contributed by atoms with E-state index in [4.69, 9.17) is 0 Å². The lowest BCUT2D eigenvalue weighted by Crippen LogP contribution is -2.64. The van der Waals surface area contributed by atoms with Crippen LogP contribution in [0.4, 0.5) is 0 Å². The number of hydrogen-bond donors (Lipinski definition) is 5. The Morgan fingerprint density at radius 1 is 0.505 bits per heavy atom. The van der Waals surface area contributed by atoms with Crippen LogP contribution < -0.4 is 21.3 Å². The van der Waals surface area contributed by atoms with Crippen molar-refractivity contribution in [2.45, 2.75) is 240 Å². The predicted octanol–water partition coefficient (Wildman–Crippen LogP) is 5.17. The maximum absolute atomic E-state index is 15.4. The van der Waals surface area contributed by atoms with Gasteiger partial charge in [0.1, 0.15) is 60.4 Å². The van der Waals surface area contributed by atoms with Crippen molar-refractivity contribution in [2.75, 3.05) is 49.3 Å². The van der Waals surface area contributed by atoms with Crippen molar-refractivity contribution in [3.05, 3.63) is 36.5 Å². The Morgan fingerprint density at radius 3 is 1.47 bits per heavy atom. The summed E-state index contributed by atoms with van der Waals surface area (Å²) in [5.41, 5.74) is 0. The van der Waals surface area contributed by atoms with Crippen LogP contribution >= 0.6 is 11.8 Å². The highest BCUT2D eigenvalue weighted by molar-refractivity contribution is 8.00. The lowest BCUT2D eigenvalue weighted by Gasteiger charge is -2.41. The molecule has 13 atom stereocenters. The van der Waals surface area contributed by atoms with Gasteiger partial charge in [-0.1, -0.05) is 127 Å². The van der Waals surface area contributed by atoms with Gasteiger partial charge in [-0.25, -0.2) is 4.98 Å². The van der Waals surface area contributed by atoms with Crippen molar-refractivity contribution < 1.29 is 57.8 Å². The molecule has 0 aliphatic carbocycles. The number of rotatable bonds is 18. The highest BCUT2D eigenvalue weighted by Gasteiger charge is 2.46. The average molecular weight is 1330 g/mol. The average Bonchev–Trinajstić information content (AvgIpc) is 0.820. The molecular weight excluding hydrogens is 1210 g/mol. The number of carbonyl (C=O) groups excluding carboxylic acids is 11. The van der Waals surface area contributed by atoms with Gasteiger partial charge in [-0.05, 0) is 119 Å². The number of likely N-dealkylation sites (N-methyl/N-ethyl adjacent to an activating group) is 7. The molecule has 526 valence electrons. The summed E-state index contributed by atoms with van der Waals surface area (Å²) < 4.78 is 0. The normalized spacial score (nSPS) is 26.4. The quantitative estimate of drug-likeness (QED) is 0.119. The van der Waals surface area contributed by atoms with E-state index >= 15 is 28.8 Å². The highest BCUT2D eigenvalue weighted by Crippen LogP contribution is 2.29. The SMILES string of the molecule is C/C=C/C[C@@H](C)[C@@H](O)C1C(=O)N[C@@H](CC)C(=O)N(C)[C@H](Sc2ccccn2)C(=O)N(C)[C@@H](CC(C)C)C(=O)N[C@@H](C(C)C)C(=O)N(C)[C@@H](CC(C)C)C(=O)N[C@@H](C)C(=O)N[C@H](C)C(=O)N(C)[C@@H](CCC(C)C)C(=O)N(C)[C@@H](CC(C)C)C(=O)N(C)[C@@H](C(C)C)C(=O)N1C. The summed E-state index contributed by atoms with van der Waals surface area (Å²) in [7, 11) is 9.97. The molecule has 0 saturated carbocycles. The van der Waals surface area contributed by atoms with Crippen LogP contribution in [0.2, 0.25) is 0 Å². The number of pyridine rings is 1. The molecule has 0 radical (unpaired) electrons. The van der Waals surface area contributed by atoms with Gasteiger partial charge in [0.2, 0.25) is 59.1 Å². The van der Waals surface area contributed by atoms with Crippen molar-refractivity contribution in [2.24, 2.45) is 41.4 Å². The molecule has 93 heavy (non-hydrogen) atoms. The maximum atomic E-state index is 15.4. The maximum Gasteiger partial charge on any atom is 0.256 e. The summed E-state index contributed by atoms with van der Waals surface area (Å²) >= 11 is 0.926. The molecule has 1 unspecified atom stereocenters. The van der Waals surface area contributed by atoms with Crippen LogP contribution in [0.5, 0.6) is 0 Å². The third-order valence-electron chi connectivity index (χ3n) is 17.4. The van der Waals surface area contributed by atoms with E-state index in [0.717, 1.165) is 21.6 Å². The Balaban J connectivity index is 3.13. The number of aromatic nitrogens is 1. The number of hydrogen-bond acceptors (Lipinski definition) is 14. The minimum Gasteiger partial charge on any atom is -0.390 e. The van der Waals surface area contributed by atoms with E-state index in [1.807, 2.05) is 61.5 Å². The van der Waals surface area contributed by atoms with Gasteiger partial charge in [-0.3, -0.25) is 52.7 Å². The number of allylic oxidation sites excluding steroid dienone is 2. The minimum absolute atomic E-state index is 0.0314. The van der Waals surface area contributed by atoms with Crippen LogP contribution in [0.1, 0.15) is 163 Å². The van der Waals surface area contributed by atoms with Crippen molar-refractivity contribution >= 4 is 76.7 Å². The second kappa shape index (κ2) is 38.1. The summed E-state index contributed by atoms with van der Waals surface area (Å²) in [4.78, 5) is 177. The molecule has 1 aromatic heterocycles. The van der Waals surface area contributed by atoms with E-state index in [1.165, 1.54) is 93.9 Å². The summed E-state index contributed by atoms with van der Waals surface area (Å²) in [6.45, 7) is 30.1. The van der Waals surface area contributed by atoms with Gasteiger partial charge in [0, 0.05) is 55.5 Å². The van der Waals surface area contributed by atoms with Gasteiger partial charge in [-0.2, -0.15) is 0 Å². The third-order valence-corrected chi connectivity index (χ3v) is 18.6. The molecule has 0 bridgehead atoms. The Morgan fingerprint density at radius 2 is 0.989 bits per heavy atom. The van der Waals surface area contributed by atoms with Crippen molar-refractivity contribution in [3.63, 3.8) is 0 Å². The first kappa shape index (κ1) is 82.5. The molecule has 0 spiro atoms. The van der Waals surface area contributed by atoms with Gasteiger partial charge in [0.25, 0.3) is 5.91 Å². The van der Waals surface area contributed by atoms with Crippen LogP contribution in [0.15, 0.2) is 41.6 Å². The number of aliphatic hydroxyl groups excluding tert-OH is 1. The van der Waals surface area contributed by atoms with Crippen LogP contribution in [0, 0.1) is 41.4 Å². The molecule has 24 nitrogen and oxygen atoms in total. The van der Waals surface area contributed by atoms with E-state index in [1.54, 1.807) is 72.7 Å². The van der Waals surface area contributed by atoms with E-state index in [-0.39, 0.29) is 62.2 Å². The minimum atomic E-state index is -1.66. The standard InChI is InChI=1S/C68H116N12O12S/c1-25-27-30-44(15)56(81)55-60(85)72-47(26-2)62(87)80(24)68(93-52-31-28-29-34-69-52)67(92)76(20)50(36-40(7)8)59(84)73-53(42(11)12)65(90)75(19)49(35-39(5)6)58(83)70-45(16)57(82)71-46(17)61(86)74(18)48(33-32-38(3)4)63(88)77(21)51(37-41(9)10)64(89)78(22)54(43(13)14)66(91)79(55)23/h25,27-29,31,34,38-51,53-56,68,81H,26,30,32-33,35-37H2,1-24H3,(H,70,83)(H,71,82)(H,72,85)(H,73,84)/b27-25+/t44-,45+,46-,47+,48+,49+,50+,51+,53+,54+,55?,56-,68-/m1/s1. The topological polar surface area (TPSA) is 292 Å². The fourth-order valence-corrected chi connectivity index (χ4v) is 12.5. The number of nitrogens with one attached hydrogen (secondary N) is 4. The molecule has 25 heteroatoms. The smallest absolute Gasteiger partial charge is 0.256 e. The molecule has 1 saturated heterocycles. The molecule has 1 fully saturated rings. The zero-order valence-corrected chi connectivity index (χ0v) is 61.1. The molecule has 1 aliphatic rings. The zero-order chi connectivity index (χ0) is 71.4. The lowest BCUT2D eigenvalue weighted by molar-refractivity contribution is -0.157. The van der Waals surface area contributed by atoms with Gasteiger partial charge in [0.05, 0.1) is 11.1 Å². The van der Waals surface area contributed by atoms with Gasteiger partial charge in [0.15, 0.2) is 5.37 Å². The van der Waals surface area contributed by atoms with E-state index in [0.29, 0.717) is 11.4 Å². The largest absolute Gasteiger partial charge is 0.390 e. The first-order chi connectivity index (χ1) is 43.2. The number of amides is 11. The molecule has 5 N–H and O–H groups in total. The monoisotopic (exact) mass is 1320 g/mol. The Bertz CT molecular complexity index is 2710. The third kappa shape index (κ3) is 23.1. The van der Waals surface area contributed by atoms with Gasteiger partial charge < -0.3 is 60.7 Å². The first-order valence-electron chi connectivity index (χ1n) is 33.1. The molecule has 2 rings (SSSR count). The Kier molecular flexibility index (Phi) is 33.7. The van der Waals surface area contributed by atoms with Crippen LogP contribution in [-0.4, -0.2) is 231 Å². The molecule has 1 aromatic rings. The van der Waals surface area contributed by atoms with Crippen LogP contribution in [0.3, 0.4) is 0 Å². The van der Waals surface area contributed by atoms with E-state index in [2.05, 4.69) is 26.3 Å². The Labute approximate surface area is 559 Å². The second-order valence-electron chi connectivity index (χ2n) is 27.8. The summed E-state index contributed by atoms with van der Waals surface area (Å²) in [5.74, 6) is -9.92. The van der Waals surface area contributed by atoms with Crippen LogP contribution in [-0.2, 0) is 52.7 Å². The van der Waals surface area contributed by atoms with Gasteiger partial charge in [-0.15, -0.1) is 0 Å². The fraction of sp³-hybridized carbons (Fsp3) is 0.735. The van der Waals surface area contributed by atoms with Crippen molar-refractivity contribution in [1.29, 1.82) is 0 Å². The molecule has 2 heterocycles. The van der Waals surface area contributed by atoms with E-state index in [9.17, 15) is 29.1 Å². The predicted molar refractivity (Wildman–Crippen MR) is 362 cm³/mol. The van der Waals surface area contributed by atoms with E-state index < -0.39 is 155 Å². The van der Waals surface area contributed by atoms with Gasteiger partial charge >= 0.3 is 0 Å². The molecular formula is C68H116N12O12S. The molecule has 0 aromatic carbocycles. The summed E-state index contributed by atoms with van der Waals surface area (Å²) in [6.07, 6.45) is 4.87. The number of thioether (sulfide) groups is 1.